The molecule has 0 radical (unpaired) electrons. The number of hydrogen-bond donors (Lipinski definition) is 2. The molecule has 1 fully saturated rings. The van der Waals surface area contributed by atoms with E-state index in [0.717, 1.165) is 64.4 Å². The second-order valence-corrected chi connectivity index (χ2v) is 18.2. The van der Waals surface area contributed by atoms with Crippen molar-refractivity contribution in [1.82, 2.24) is 65.0 Å². The number of nitrogens with zero attached hydrogens (tertiary/aromatic N) is 12. The van der Waals surface area contributed by atoms with Crippen LogP contribution < -0.4 is 10.6 Å². The van der Waals surface area contributed by atoms with Crippen LogP contribution in [0.3, 0.4) is 0 Å². The number of pyridine rings is 4. The first-order chi connectivity index (χ1) is 35.2. The van der Waals surface area contributed by atoms with Crippen molar-refractivity contribution < 1.29 is 14.4 Å². The number of amides is 3. The standard InChI is InChI=1S/C54H47ClN14O3/c1-56-48(70)22-27-67(29-28-66-25-2-3-26-66)54(72)41-16-15-40(44-19-21-46-52(60-44)69(65-63-46)33-35-8-10-36-6-4-24-58-47(36)31-35)50(49(41)55)61-53(71)38-13-11-37(12-14-38)43-18-20-45-51(59-43)68(64-62-45)32-34-9-17-42-39(30-34)7-5-23-57-42/h4-21,23-24,30-31H,2-3,22,25-29,32-33H2,1H3,(H,56,70)(H,61,71). The molecular weight excluding hydrogens is 928 g/mol. The average Bonchev–Trinajstić information content (AvgIpc) is 4.19. The van der Waals surface area contributed by atoms with E-state index in [4.69, 9.17) is 21.6 Å². The summed E-state index contributed by atoms with van der Waals surface area (Å²) in [5.41, 5.74) is 9.25. The van der Waals surface area contributed by atoms with E-state index in [-0.39, 0.29) is 41.1 Å². The first-order valence-corrected chi connectivity index (χ1v) is 24.2. The fraction of sp³-hybridized carbons (Fsp3) is 0.204. The largest absolute Gasteiger partial charge is 0.359 e. The lowest BCUT2D eigenvalue weighted by molar-refractivity contribution is -0.120. The molecule has 10 aromatic rings. The molecule has 0 saturated carbocycles. The van der Waals surface area contributed by atoms with Gasteiger partial charge >= 0.3 is 0 Å². The van der Waals surface area contributed by atoms with Crippen molar-refractivity contribution in [3.63, 3.8) is 0 Å². The minimum absolute atomic E-state index is 0.0360. The van der Waals surface area contributed by atoms with Crippen LogP contribution in [0.1, 0.15) is 51.1 Å². The lowest BCUT2D eigenvalue weighted by atomic mass is 10.0. The highest BCUT2D eigenvalue weighted by molar-refractivity contribution is 6.38. The number of carbonyl (C=O) groups excluding carboxylic acids is 3. The van der Waals surface area contributed by atoms with Crippen molar-refractivity contribution in [3.8, 4) is 22.5 Å². The van der Waals surface area contributed by atoms with Gasteiger partial charge in [-0.05, 0) is 116 Å². The van der Waals surface area contributed by atoms with Crippen LogP contribution in [0, 0.1) is 0 Å². The predicted molar refractivity (Wildman–Crippen MR) is 276 cm³/mol. The lowest BCUT2D eigenvalue weighted by Crippen LogP contribution is -2.40. The van der Waals surface area contributed by atoms with Crippen LogP contribution in [0.25, 0.3) is 66.6 Å². The Morgan fingerprint density at radius 3 is 2.06 bits per heavy atom. The first-order valence-electron chi connectivity index (χ1n) is 23.8. The Morgan fingerprint density at radius 2 is 1.32 bits per heavy atom. The minimum atomic E-state index is -0.464. The third kappa shape index (κ3) is 9.54. The molecule has 0 bridgehead atoms. The first kappa shape index (κ1) is 45.9. The summed E-state index contributed by atoms with van der Waals surface area (Å²) in [6.07, 6.45) is 5.86. The van der Waals surface area contributed by atoms with E-state index in [9.17, 15) is 14.4 Å². The third-order valence-corrected chi connectivity index (χ3v) is 13.5. The highest BCUT2D eigenvalue weighted by Gasteiger charge is 2.26. The Balaban J connectivity index is 0.905. The van der Waals surface area contributed by atoms with Crippen LogP contribution in [-0.4, -0.2) is 117 Å². The van der Waals surface area contributed by atoms with Crippen molar-refractivity contribution in [2.75, 3.05) is 45.1 Å². The molecule has 6 aromatic heterocycles. The van der Waals surface area contributed by atoms with Crippen molar-refractivity contribution in [2.45, 2.75) is 32.4 Å². The van der Waals surface area contributed by atoms with Gasteiger partial charge in [-0.15, -0.1) is 10.2 Å². The van der Waals surface area contributed by atoms with E-state index >= 15 is 0 Å². The number of aromatic nitrogens is 10. The molecule has 2 N–H and O–H groups in total. The molecule has 0 atom stereocenters. The highest BCUT2D eigenvalue weighted by Crippen LogP contribution is 2.38. The molecule has 358 valence electrons. The molecule has 0 aliphatic carbocycles. The summed E-state index contributed by atoms with van der Waals surface area (Å²) in [6.45, 7) is 3.99. The lowest BCUT2D eigenvalue weighted by Gasteiger charge is -2.26. The van der Waals surface area contributed by atoms with Gasteiger partial charge in [0, 0.05) is 73.0 Å². The molecule has 1 aliphatic heterocycles. The minimum Gasteiger partial charge on any atom is -0.359 e. The van der Waals surface area contributed by atoms with Gasteiger partial charge in [0.25, 0.3) is 11.8 Å². The zero-order valence-corrected chi connectivity index (χ0v) is 40.0. The van der Waals surface area contributed by atoms with Gasteiger partial charge in [0.15, 0.2) is 11.3 Å². The number of benzene rings is 4. The number of rotatable bonds is 15. The van der Waals surface area contributed by atoms with Crippen molar-refractivity contribution in [1.29, 1.82) is 0 Å². The summed E-state index contributed by atoms with van der Waals surface area (Å²) in [5, 5.41) is 25.4. The maximum absolute atomic E-state index is 14.6. The summed E-state index contributed by atoms with van der Waals surface area (Å²) < 4.78 is 3.49. The number of hydrogen-bond acceptors (Lipinski definition) is 12. The maximum atomic E-state index is 14.6. The molecule has 1 saturated heterocycles. The quantitative estimate of drug-likeness (QED) is 0.100. The SMILES string of the molecule is CNC(=O)CCN(CCN1CCCC1)C(=O)c1ccc(-c2ccc3nnn(Cc4ccc5cccnc5c4)c3n2)c(NC(=O)c2ccc(-c3ccc4nnn(Cc5ccc6ncccc6c5)c4n3)cc2)c1Cl. The van der Waals surface area contributed by atoms with Crippen LogP contribution in [0.15, 0.2) is 134 Å². The molecule has 0 spiro atoms. The van der Waals surface area contributed by atoms with Gasteiger partial charge in [0.05, 0.1) is 51.8 Å². The fourth-order valence-corrected chi connectivity index (χ4v) is 9.47. The van der Waals surface area contributed by atoms with Crippen molar-refractivity contribution in [2.24, 2.45) is 0 Å². The van der Waals surface area contributed by atoms with E-state index in [1.807, 2.05) is 84.9 Å². The van der Waals surface area contributed by atoms with Gasteiger partial charge in [0.1, 0.15) is 11.0 Å². The summed E-state index contributed by atoms with van der Waals surface area (Å²) in [7, 11) is 1.57. The number of likely N-dealkylation sites (tertiary alicyclic amines) is 1. The number of carbonyl (C=O) groups is 3. The second-order valence-electron chi connectivity index (χ2n) is 17.8. The summed E-state index contributed by atoms with van der Waals surface area (Å²) in [4.78, 5) is 64.4. The van der Waals surface area contributed by atoms with Crippen LogP contribution in [0.4, 0.5) is 5.69 Å². The Morgan fingerprint density at radius 1 is 0.667 bits per heavy atom. The van der Waals surface area contributed by atoms with Gasteiger partial charge in [0.2, 0.25) is 5.91 Å². The number of fused-ring (bicyclic) bond motifs is 4. The van der Waals surface area contributed by atoms with Gasteiger partial charge in [-0.1, -0.05) is 64.5 Å². The van der Waals surface area contributed by atoms with E-state index < -0.39 is 5.91 Å². The summed E-state index contributed by atoms with van der Waals surface area (Å²) >= 11 is 7.33. The van der Waals surface area contributed by atoms with Crippen LogP contribution in [0.2, 0.25) is 5.02 Å². The molecule has 4 aromatic carbocycles. The molecule has 11 rings (SSSR count). The molecule has 7 heterocycles. The number of nitrogens with one attached hydrogen (secondary N) is 2. The van der Waals surface area contributed by atoms with Crippen LogP contribution >= 0.6 is 11.6 Å². The van der Waals surface area contributed by atoms with Crippen molar-refractivity contribution in [3.05, 3.63) is 161 Å². The normalized spacial score (nSPS) is 12.8. The highest BCUT2D eigenvalue weighted by atomic mass is 35.5. The Hall–Kier alpha value is -8.54. The molecule has 17 nitrogen and oxygen atoms in total. The Kier molecular flexibility index (Phi) is 12.8. The smallest absolute Gasteiger partial charge is 0.255 e. The molecule has 18 heteroatoms. The van der Waals surface area contributed by atoms with Gasteiger partial charge in [-0.2, -0.15) is 0 Å². The Bertz CT molecular complexity index is 3680. The van der Waals surface area contributed by atoms with Gasteiger partial charge < -0.3 is 20.4 Å². The van der Waals surface area contributed by atoms with Gasteiger partial charge in [-0.3, -0.25) is 24.4 Å². The average molecular weight is 976 g/mol. The topological polar surface area (TPSA) is 195 Å². The summed E-state index contributed by atoms with van der Waals surface area (Å²) in [5.74, 6) is -1.01. The third-order valence-electron chi connectivity index (χ3n) is 13.1. The number of halogens is 1. The summed E-state index contributed by atoms with van der Waals surface area (Å²) in [6, 6.07) is 37.9. The van der Waals surface area contributed by atoms with Crippen LogP contribution in [0.5, 0.6) is 0 Å². The molecule has 0 unspecified atom stereocenters. The predicted octanol–water partition coefficient (Wildman–Crippen LogP) is 8.07. The molecule has 1 aliphatic rings. The van der Waals surface area contributed by atoms with Crippen LogP contribution in [-0.2, 0) is 17.9 Å². The number of anilines is 1. The van der Waals surface area contributed by atoms with E-state index in [1.165, 1.54) is 0 Å². The van der Waals surface area contributed by atoms with E-state index in [1.54, 1.807) is 64.0 Å². The molecule has 3 amide bonds. The van der Waals surface area contributed by atoms with E-state index in [0.29, 0.717) is 71.0 Å². The molecular formula is C54H47ClN14O3. The maximum Gasteiger partial charge on any atom is 0.255 e. The van der Waals surface area contributed by atoms with E-state index in [2.05, 4.69) is 52.2 Å². The zero-order valence-electron chi connectivity index (χ0n) is 39.2. The monoisotopic (exact) mass is 974 g/mol. The second kappa shape index (κ2) is 20.1. The fourth-order valence-electron chi connectivity index (χ4n) is 9.18. The van der Waals surface area contributed by atoms with Crippen molar-refractivity contribution >= 4 is 79.1 Å². The zero-order chi connectivity index (χ0) is 49.1. The molecule has 72 heavy (non-hydrogen) atoms. The van der Waals surface area contributed by atoms with Gasteiger partial charge in [-0.25, -0.2) is 19.3 Å². The Labute approximate surface area is 417 Å².